The van der Waals surface area contributed by atoms with Gasteiger partial charge in [0.2, 0.25) is 0 Å². The monoisotopic (exact) mass is 218 g/mol. The number of hydrogen-bond donors (Lipinski definition) is 0. The fourth-order valence-electron chi connectivity index (χ4n) is 3.36. The molecular weight excluding hydrogens is 196 g/mol. The van der Waals surface area contributed by atoms with Gasteiger partial charge < -0.3 is 0 Å². The van der Waals surface area contributed by atoms with Crippen LogP contribution in [0.5, 0.6) is 0 Å². The van der Waals surface area contributed by atoms with Crippen LogP contribution >= 0.6 is 0 Å². The quantitative estimate of drug-likeness (QED) is 0.557. The summed E-state index contributed by atoms with van der Waals surface area (Å²) < 4.78 is 0. The zero-order valence-electron chi connectivity index (χ0n) is 10.9. The van der Waals surface area contributed by atoms with Crippen LogP contribution in [0.25, 0.3) is 0 Å². The summed E-state index contributed by atoms with van der Waals surface area (Å²) >= 11 is 0. The molecule has 0 saturated heterocycles. The lowest BCUT2D eigenvalue weighted by atomic mass is 9.78. The minimum Gasteiger partial charge on any atom is -0.295 e. The normalized spacial score (nSPS) is 30.5. The average molecular weight is 218 g/mol. The van der Waals surface area contributed by atoms with Crippen molar-refractivity contribution in [2.24, 2.45) is 5.41 Å². The molecule has 88 valence electrons. The van der Waals surface area contributed by atoms with E-state index in [2.05, 4.69) is 27.7 Å². The molecule has 0 amide bonds. The number of rotatable bonds is 0. The fourth-order valence-corrected chi connectivity index (χ4v) is 3.36. The van der Waals surface area contributed by atoms with Crippen molar-refractivity contribution in [3.8, 4) is 0 Å². The van der Waals surface area contributed by atoms with E-state index in [0.717, 1.165) is 32.1 Å². The SMILES string of the molecule is CC(C)=C1CCC(C)=C2C(=O)CCC2(C)C1. The first-order valence-electron chi connectivity index (χ1n) is 6.33. The van der Waals surface area contributed by atoms with Gasteiger partial charge in [-0.15, -0.1) is 0 Å². The van der Waals surface area contributed by atoms with Crippen molar-refractivity contribution in [2.75, 3.05) is 0 Å². The highest BCUT2D eigenvalue weighted by atomic mass is 16.1. The van der Waals surface area contributed by atoms with Gasteiger partial charge in [-0.2, -0.15) is 0 Å². The van der Waals surface area contributed by atoms with E-state index in [0.29, 0.717) is 5.78 Å². The maximum atomic E-state index is 12.0. The molecule has 1 fully saturated rings. The molecule has 2 aliphatic rings. The van der Waals surface area contributed by atoms with Gasteiger partial charge in [0.05, 0.1) is 0 Å². The number of carbonyl (C=O) groups excluding carboxylic acids is 1. The number of allylic oxidation sites excluding steroid dienone is 4. The Kier molecular flexibility index (Phi) is 2.81. The molecule has 1 heteroatoms. The highest BCUT2D eigenvalue weighted by Gasteiger charge is 2.42. The summed E-state index contributed by atoms with van der Waals surface area (Å²) in [5.41, 5.74) is 5.69. The van der Waals surface area contributed by atoms with Crippen molar-refractivity contribution in [3.63, 3.8) is 0 Å². The number of hydrogen-bond acceptors (Lipinski definition) is 1. The standard InChI is InChI=1S/C15H22O/c1-10(2)12-6-5-11(3)14-13(16)7-8-15(14,4)9-12/h5-9H2,1-4H3. The minimum absolute atomic E-state index is 0.143. The van der Waals surface area contributed by atoms with Gasteiger partial charge in [-0.3, -0.25) is 4.79 Å². The van der Waals surface area contributed by atoms with Gasteiger partial charge in [0.15, 0.2) is 5.78 Å². The number of Topliss-reactive ketones (excluding diaryl/α,β-unsaturated/α-hetero) is 1. The third kappa shape index (κ3) is 1.77. The summed E-state index contributed by atoms with van der Waals surface area (Å²) in [6, 6.07) is 0. The van der Waals surface area contributed by atoms with Crippen LogP contribution in [0, 0.1) is 5.41 Å². The van der Waals surface area contributed by atoms with Crippen molar-refractivity contribution in [2.45, 2.75) is 59.8 Å². The second-order valence-electron chi connectivity index (χ2n) is 5.92. The summed E-state index contributed by atoms with van der Waals surface area (Å²) in [4.78, 5) is 12.0. The Morgan fingerprint density at radius 2 is 1.88 bits per heavy atom. The molecule has 16 heavy (non-hydrogen) atoms. The largest absolute Gasteiger partial charge is 0.295 e. The van der Waals surface area contributed by atoms with Gasteiger partial charge in [-0.25, -0.2) is 0 Å². The molecule has 0 N–H and O–H groups in total. The molecule has 0 spiro atoms. The lowest BCUT2D eigenvalue weighted by molar-refractivity contribution is -0.114. The highest BCUT2D eigenvalue weighted by Crippen LogP contribution is 2.50. The Labute approximate surface area is 98.6 Å². The summed E-state index contributed by atoms with van der Waals surface area (Å²) in [6.45, 7) is 8.85. The van der Waals surface area contributed by atoms with Gasteiger partial charge >= 0.3 is 0 Å². The highest BCUT2D eigenvalue weighted by molar-refractivity contribution is 5.99. The van der Waals surface area contributed by atoms with Crippen molar-refractivity contribution >= 4 is 5.78 Å². The maximum absolute atomic E-state index is 12.0. The van der Waals surface area contributed by atoms with Crippen LogP contribution in [0.2, 0.25) is 0 Å². The molecule has 0 aromatic rings. The molecule has 0 radical (unpaired) electrons. The Hall–Kier alpha value is -0.850. The first-order valence-corrected chi connectivity index (χ1v) is 6.33. The Bertz CT molecular complexity index is 394. The molecule has 2 rings (SSSR count). The van der Waals surface area contributed by atoms with E-state index < -0.39 is 0 Å². The maximum Gasteiger partial charge on any atom is 0.159 e. The van der Waals surface area contributed by atoms with Crippen molar-refractivity contribution < 1.29 is 4.79 Å². The van der Waals surface area contributed by atoms with Gasteiger partial charge in [-0.05, 0) is 46.5 Å². The molecule has 1 unspecified atom stereocenters. The van der Waals surface area contributed by atoms with Gasteiger partial charge in [0.25, 0.3) is 0 Å². The molecule has 2 aliphatic carbocycles. The van der Waals surface area contributed by atoms with Crippen LogP contribution in [-0.2, 0) is 4.79 Å². The zero-order chi connectivity index (χ0) is 11.9. The fraction of sp³-hybridized carbons (Fsp3) is 0.667. The van der Waals surface area contributed by atoms with Gasteiger partial charge in [-0.1, -0.05) is 23.6 Å². The van der Waals surface area contributed by atoms with Crippen LogP contribution < -0.4 is 0 Å². The van der Waals surface area contributed by atoms with Crippen molar-refractivity contribution in [1.82, 2.24) is 0 Å². The molecule has 1 atom stereocenters. The zero-order valence-corrected chi connectivity index (χ0v) is 10.9. The van der Waals surface area contributed by atoms with Crippen molar-refractivity contribution in [1.29, 1.82) is 0 Å². The topological polar surface area (TPSA) is 17.1 Å². The lowest BCUT2D eigenvalue weighted by Gasteiger charge is -2.26. The number of carbonyl (C=O) groups is 1. The van der Waals surface area contributed by atoms with Crippen LogP contribution in [0.15, 0.2) is 22.3 Å². The van der Waals surface area contributed by atoms with Crippen LogP contribution in [0.3, 0.4) is 0 Å². The minimum atomic E-state index is 0.143. The third-order valence-electron chi connectivity index (χ3n) is 4.33. The van der Waals surface area contributed by atoms with E-state index in [1.807, 2.05) is 0 Å². The molecule has 0 aromatic heterocycles. The molecular formula is C15H22O. The second-order valence-corrected chi connectivity index (χ2v) is 5.92. The molecule has 1 nitrogen and oxygen atoms in total. The Morgan fingerprint density at radius 1 is 1.19 bits per heavy atom. The van der Waals surface area contributed by atoms with Crippen LogP contribution in [-0.4, -0.2) is 5.78 Å². The average Bonchev–Trinajstić information content (AvgIpc) is 2.40. The number of fused-ring (bicyclic) bond motifs is 1. The van der Waals surface area contributed by atoms with E-state index in [1.54, 1.807) is 5.57 Å². The summed E-state index contributed by atoms with van der Waals surface area (Å²) in [5, 5.41) is 0. The predicted molar refractivity (Wildman–Crippen MR) is 67.3 cm³/mol. The predicted octanol–water partition coefficient (Wildman–Crippen LogP) is 4.19. The molecule has 0 heterocycles. The van der Waals surface area contributed by atoms with Gasteiger partial charge in [0.1, 0.15) is 0 Å². The Morgan fingerprint density at radius 3 is 2.50 bits per heavy atom. The van der Waals surface area contributed by atoms with Gasteiger partial charge in [0, 0.05) is 17.4 Å². The second kappa shape index (κ2) is 3.87. The first-order chi connectivity index (χ1) is 7.44. The summed E-state index contributed by atoms with van der Waals surface area (Å²) in [5.74, 6) is 0.412. The molecule has 0 bridgehead atoms. The molecule has 1 saturated carbocycles. The molecule has 0 aromatic carbocycles. The van der Waals surface area contributed by atoms with E-state index in [4.69, 9.17) is 0 Å². The summed E-state index contributed by atoms with van der Waals surface area (Å²) in [6.07, 6.45) is 5.15. The molecule has 0 aliphatic heterocycles. The Balaban J connectivity index is 2.45. The van der Waals surface area contributed by atoms with Crippen LogP contribution in [0.1, 0.15) is 59.8 Å². The summed E-state index contributed by atoms with van der Waals surface area (Å²) in [7, 11) is 0. The van der Waals surface area contributed by atoms with E-state index in [9.17, 15) is 4.79 Å². The van der Waals surface area contributed by atoms with Crippen LogP contribution in [0.4, 0.5) is 0 Å². The van der Waals surface area contributed by atoms with E-state index in [-0.39, 0.29) is 5.41 Å². The van der Waals surface area contributed by atoms with E-state index >= 15 is 0 Å². The number of ketones is 1. The smallest absolute Gasteiger partial charge is 0.159 e. The van der Waals surface area contributed by atoms with Crippen molar-refractivity contribution in [3.05, 3.63) is 22.3 Å². The third-order valence-corrected chi connectivity index (χ3v) is 4.33. The van der Waals surface area contributed by atoms with E-state index in [1.165, 1.54) is 16.7 Å². The first kappa shape index (κ1) is 11.6. The lowest BCUT2D eigenvalue weighted by Crippen LogP contribution is -2.16.